The van der Waals surface area contributed by atoms with E-state index in [1.165, 1.54) is 6.42 Å². The third-order valence-electron chi connectivity index (χ3n) is 4.87. The first-order valence-electron chi connectivity index (χ1n) is 7.91. The molecule has 0 radical (unpaired) electrons. The van der Waals surface area contributed by atoms with E-state index in [4.69, 9.17) is 4.74 Å². The molecule has 4 heteroatoms. The Morgan fingerprint density at radius 3 is 2.90 bits per heavy atom. The lowest BCUT2D eigenvalue weighted by Crippen LogP contribution is -2.53. The van der Waals surface area contributed by atoms with Crippen molar-refractivity contribution in [3.05, 3.63) is 24.0 Å². The number of benzene rings is 1. The van der Waals surface area contributed by atoms with Crippen LogP contribution in [0.1, 0.15) is 27.2 Å². The molecule has 1 N–H and O–H groups in total. The maximum Gasteiger partial charge on any atom is 0.167 e. The third kappa shape index (κ3) is 2.73. The number of hydrogen-bond donors (Lipinski definition) is 1. The molecule has 4 rings (SSSR count). The first-order chi connectivity index (χ1) is 10.0. The van der Waals surface area contributed by atoms with E-state index in [0.717, 1.165) is 25.3 Å². The number of nitrogens with zero attached hydrogens (tertiary/aromatic N) is 1. The van der Waals surface area contributed by atoms with Gasteiger partial charge in [0.05, 0.1) is 6.61 Å². The molecule has 1 unspecified atom stereocenters. The lowest BCUT2D eigenvalue weighted by molar-refractivity contribution is 0.192. The van der Waals surface area contributed by atoms with Gasteiger partial charge in [0.2, 0.25) is 0 Å². The molecule has 116 valence electrons. The molecule has 3 aliphatic rings. The molecule has 3 fully saturated rings. The first kappa shape index (κ1) is 14.6. The van der Waals surface area contributed by atoms with Crippen molar-refractivity contribution in [2.75, 3.05) is 31.1 Å². The molecule has 3 heterocycles. The van der Waals surface area contributed by atoms with Crippen molar-refractivity contribution in [1.29, 1.82) is 0 Å². The van der Waals surface area contributed by atoms with Gasteiger partial charge in [-0.1, -0.05) is 13.8 Å². The second kappa shape index (κ2) is 5.48. The molecule has 0 saturated carbocycles. The van der Waals surface area contributed by atoms with Gasteiger partial charge in [0, 0.05) is 30.9 Å². The van der Waals surface area contributed by atoms with E-state index in [1.807, 2.05) is 13.0 Å². The Hall–Kier alpha value is -1.29. The van der Waals surface area contributed by atoms with Gasteiger partial charge in [-0.2, -0.15) is 0 Å². The van der Waals surface area contributed by atoms with E-state index in [2.05, 4.69) is 24.1 Å². The zero-order valence-electron chi connectivity index (χ0n) is 13.2. The van der Waals surface area contributed by atoms with Gasteiger partial charge < -0.3 is 15.0 Å². The number of ether oxygens (including phenoxy) is 1. The van der Waals surface area contributed by atoms with Gasteiger partial charge in [-0.3, -0.25) is 0 Å². The smallest absolute Gasteiger partial charge is 0.167 e. The molecular weight excluding hydrogens is 267 g/mol. The predicted molar refractivity (Wildman–Crippen MR) is 83.5 cm³/mol. The summed E-state index contributed by atoms with van der Waals surface area (Å²) in [6.45, 7) is 10.1. The highest BCUT2D eigenvalue weighted by Crippen LogP contribution is 2.41. The summed E-state index contributed by atoms with van der Waals surface area (Å²) < 4.78 is 19.5. The summed E-state index contributed by atoms with van der Waals surface area (Å²) in [7, 11) is 0. The summed E-state index contributed by atoms with van der Waals surface area (Å²) in [5.41, 5.74) is 1.23. The minimum atomic E-state index is -0.264. The van der Waals surface area contributed by atoms with Gasteiger partial charge in [-0.05, 0) is 43.4 Å². The van der Waals surface area contributed by atoms with Crippen LogP contribution in [0.2, 0.25) is 0 Å². The molecule has 3 saturated heterocycles. The molecule has 1 aromatic rings. The van der Waals surface area contributed by atoms with E-state index in [-0.39, 0.29) is 11.2 Å². The van der Waals surface area contributed by atoms with E-state index < -0.39 is 0 Å². The Balaban J connectivity index is 1.91. The quantitative estimate of drug-likeness (QED) is 0.926. The molecule has 0 spiro atoms. The Labute approximate surface area is 126 Å². The predicted octanol–water partition coefficient (Wildman–Crippen LogP) is 3.05. The summed E-state index contributed by atoms with van der Waals surface area (Å²) >= 11 is 0. The lowest BCUT2D eigenvalue weighted by Gasteiger charge is -2.48. The number of anilines is 1. The fourth-order valence-electron chi connectivity index (χ4n) is 3.95. The number of piperidine rings is 1. The van der Waals surface area contributed by atoms with Crippen molar-refractivity contribution in [3.63, 3.8) is 0 Å². The molecule has 0 amide bonds. The fourth-order valence-corrected chi connectivity index (χ4v) is 3.95. The van der Waals surface area contributed by atoms with Crippen molar-refractivity contribution in [3.8, 4) is 5.75 Å². The van der Waals surface area contributed by atoms with Crippen LogP contribution >= 0.6 is 0 Å². The third-order valence-corrected chi connectivity index (χ3v) is 4.87. The van der Waals surface area contributed by atoms with Crippen LogP contribution < -0.4 is 15.0 Å². The lowest BCUT2D eigenvalue weighted by atomic mass is 9.73. The minimum absolute atomic E-state index is 0.251. The van der Waals surface area contributed by atoms with Crippen LogP contribution in [-0.4, -0.2) is 32.3 Å². The van der Waals surface area contributed by atoms with Gasteiger partial charge >= 0.3 is 0 Å². The topological polar surface area (TPSA) is 24.5 Å². The second-order valence-corrected chi connectivity index (χ2v) is 6.93. The van der Waals surface area contributed by atoms with E-state index in [9.17, 15) is 4.39 Å². The van der Waals surface area contributed by atoms with Crippen molar-refractivity contribution in [2.45, 2.75) is 33.2 Å². The zero-order chi connectivity index (χ0) is 15.0. The molecule has 0 aliphatic carbocycles. The van der Waals surface area contributed by atoms with Crippen LogP contribution in [-0.2, 0) is 0 Å². The highest BCUT2D eigenvalue weighted by Gasteiger charge is 2.43. The standard InChI is InChI=1S/C17H25FN2O/c1-4-21-15-6-5-13(7-14(15)18)20-11-12-8-17(2,3)16(20)10-19-9-12/h5-7,12,16,19H,4,8-11H2,1-3H3/t12-,16?/m1/s1. The Morgan fingerprint density at radius 2 is 2.19 bits per heavy atom. The number of fused-ring (bicyclic) bond motifs is 4. The van der Waals surface area contributed by atoms with Crippen LogP contribution in [0, 0.1) is 17.2 Å². The number of hydrogen-bond acceptors (Lipinski definition) is 3. The summed E-state index contributed by atoms with van der Waals surface area (Å²) in [6.07, 6.45) is 1.24. The fraction of sp³-hybridized carbons (Fsp3) is 0.647. The number of rotatable bonds is 3. The maximum absolute atomic E-state index is 14.2. The monoisotopic (exact) mass is 292 g/mol. The van der Waals surface area contributed by atoms with E-state index in [0.29, 0.717) is 24.3 Å². The second-order valence-electron chi connectivity index (χ2n) is 6.93. The van der Waals surface area contributed by atoms with Gasteiger partial charge in [0.25, 0.3) is 0 Å². The van der Waals surface area contributed by atoms with Crippen LogP contribution in [0.15, 0.2) is 18.2 Å². The van der Waals surface area contributed by atoms with Crippen LogP contribution in [0.3, 0.4) is 0 Å². The van der Waals surface area contributed by atoms with E-state index in [1.54, 1.807) is 12.1 Å². The Bertz CT molecular complexity index is 518. The van der Waals surface area contributed by atoms with Gasteiger partial charge in [-0.15, -0.1) is 0 Å². The van der Waals surface area contributed by atoms with Gasteiger partial charge in [0.1, 0.15) is 0 Å². The average molecular weight is 292 g/mol. The summed E-state index contributed by atoms with van der Waals surface area (Å²) in [6, 6.07) is 5.79. The molecule has 0 aromatic heterocycles. The molecule has 21 heavy (non-hydrogen) atoms. The molecule has 3 nitrogen and oxygen atoms in total. The SMILES string of the molecule is CCOc1ccc(N2C[C@H]3CNCC2C(C)(C)C3)cc1F. The van der Waals surface area contributed by atoms with Crippen LogP contribution in [0.4, 0.5) is 10.1 Å². The molecule has 1 aromatic carbocycles. The van der Waals surface area contributed by atoms with Crippen molar-refractivity contribution in [1.82, 2.24) is 5.32 Å². The number of nitrogens with one attached hydrogen (secondary N) is 1. The minimum Gasteiger partial charge on any atom is -0.491 e. The zero-order valence-corrected chi connectivity index (χ0v) is 13.2. The summed E-state index contributed by atoms with van der Waals surface area (Å²) in [5, 5.41) is 3.55. The first-order valence-corrected chi connectivity index (χ1v) is 7.91. The summed E-state index contributed by atoms with van der Waals surface area (Å²) in [4.78, 5) is 2.38. The maximum atomic E-state index is 14.2. The summed E-state index contributed by atoms with van der Waals surface area (Å²) in [5.74, 6) is 0.715. The molecule has 2 bridgehead atoms. The van der Waals surface area contributed by atoms with Gasteiger partial charge in [0.15, 0.2) is 11.6 Å². The average Bonchev–Trinajstić information content (AvgIpc) is 2.71. The van der Waals surface area contributed by atoms with Crippen LogP contribution in [0.25, 0.3) is 0 Å². The van der Waals surface area contributed by atoms with Crippen molar-refractivity contribution < 1.29 is 9.13 Å². The van der Waals surface area contributed by atoms with Crippen molar-refractivity contribution >= 4 is 5.69 Å². The highest BCUT2D eigenvalue weighted by atomic mass is 19.1. The highest BCUT2D eigenvalue weighted by molar-refractivity contribution is 5.52. The Kier molecular flexibility index (Phi) is 3.82. The largest absolute Gasteiger partial charge is 0.491 e. The van der Waals surface area contributed by atoms with E-state index >= 15 is 0 Å². The normalized spacial score (nSPS) is 27.5. The molecule has 3 aliphatic heterocycles. The number of halogens is 1. The van der Waals surface area contributed by atoms with Crippen LogP contribution in [0.5, 0.6) is 5.75 Å². The van der Waals surface area contributed by atoms with Crippen molar-refractivity contribution in [2.24, 2.45) is 11.3 Å². The molecular formula is C17H25FN2O. The Morgan fingerprint density at radius 1 is 1.38 bits per heavy atom. The molecule has 2 atom stereocenters. The van der Waals surface area contributed by atoms with Gasteiger partial charge in [-0.25, -0.2) is 4.39 Å².